The molecule has 1 aliphatic rings. The lowest BCUT2D eigenvalue weighted by Crippen LogP contribution is -2.30. The highest BCUT2D eigenvalue weighted by molar-refractivity contribution is 6.06. The lowest BCUT2D eigenvalue weighted by atomic mass is 10.0. The molecule has 2 amide bonds. The van der Waals surface area contributed by atoms with Crippen LogP contribution in [0.2, 0.25) is 0 Å². The highest BCUT2D eigenvalue weighted by atomic mass is 16.2. The minimum Gasteiger partial charge on any atom is -0.373 e. The lowest BCUT2D eigenvalue weighted by Gasteiger charge is -2.16. The molecule has 1 saturated heterocycles. The Hall–Kier alpha value is -1.84. The Morgan fingerprint density at radius 3 is 2.76 bits per heavy atom. The van der Waals surface area contributed by atoms with Gasteiger partial charge in [0.25, 0.3) is 0 Å². The molecular formula is C13H16N2O2. The maximum atomic E-state index is 11.5. The number of carbonyl (C=O) groups is 2. The summed E-state index contributed by atoms with van der Waals surface area (Å²) in [5, 5.41) is 5.48. The zero-order valence-corrected chi connectivity index (χ0v) is 10.0. The van der Waals surface area contributed by atoms with Crippen LogP contribution in [0.3, 0.4) is 0 Å². The standard InChI is InChI=1S/C13H16N2O2/c1-3-9-6-4-5-8(2)12(9)14-10-7-11(16)15-13(10)17/h4-6,10,14H,3,7H2,1-2H3,(H,15,16,17). The van der Waals surface area contributed by atoms with Gasteiger partial charge in [-0.25, -0.2) is 0 Å². The Kier molecular flexibility index (Phi) is 3.13. The molecule has 1 aromatic carbocycles. The van der Waals surface area contributed by atoms with Crippen molar-refractivity contribution in [2.75, 3.05) is 5.32 Å². The number of nitrogens with one attached hydrogen (secondary N) is 2. The van der Waals surface area contributed by atoms with Crippen molar-refractivity contribution in [3.8, 4) is 0 Å². The number of hydrogen-bond acceptors (Lipinski definition) is 3. The van der Waals surface area contributed by atoms with E-state index in [1.165, 1.54) is 0 Å². The van der Waals surface area contributed by atoms with Crippen molar-refractivity contribution in [2.24, 2.45) is 0 Å². The van der Waals surface area contributed by atoms with Crippen molar-refractivity contribution in [1.29, 1.82) is 0 Å². The summed E-state index contributed by atoms with van der Waals surface area (Å²) in [6.07, 6.45) is 1.11. The van der Waals surface area contributed by atoms with Gasteiger partial charge in [-0.05, 0) is 24.5 Å². The number of carbonyl (C=O) groups excluding carboxylic acids is 2. The van der Waals surface area contributed by atoms with Crippen molar-refractivity contribution < 1.29 is 9.59 Å². The normalized spacial score (nSPS) is 19.3. The summed E-state index contributed by atoms with van der Waals surface area (Å²) < 4.78 is 0. The smallest absolute Gasteiger partial charge is 0.249 e. The van der Waals surface area contributed by atoms with Crippen LogP contribution in [0.1, 0.15) is 24.5 Å². The number of hydrogen-bond donors (Lipinski definition) is 2. The molecule has 1 unspecified atom stereocenters. The molecule has 0 aromatic heterocycles. The van der Waals surface area contributed by atoms with Gasteiger partial charge < -0.3 is 5.32 Å². The second kappa shape index (κ2) is 4.57. The number of amides is 2. The monoisotopic (exact) mass is 232 g/mol. The molecule has 1 heterocycles. The third kappa shape index (κ3) is 2.30. The van der Waals surface area contributed by atoms with E-state index in [1.807, 2.05) is 25.1 Å². The van der Waals surface area contributed by atoms with E-state index in [9.17, 15) is 9.59 Å². The molecule has 0 aliphatic carbocycles. The van der Waals surface area contributed by atoms with E-state index in [2.05, 4.69) is 17.6 Å². The molecule has 1 fully saturated rings. The summed E-state index contributed by atoms with van der Waals surface area (Å²) in [5.41, 5.74) is 3.23. The van der Waals surface area contributed by atoms with E-state index < -0.39 is 6.04 Å². The van der Waals surface area contributed by atoms with E-state index in [0.29, 0.717) is 0 Å². The Bertz CT molecular complexity index is 468. The summed E-state index contributed by atoms with van der Waals surface area (Å²) in [6, 6.07) is 5.59. The van der Waals surface area contributed by atoms with Crippen LogP contribution in [-0.4, -0.2) is 17.9 Å². The van der Waals surface area contributed by atoms with Gasteiger partial charge in [-0.3, -0.25) is 14.9 Å². The van der Waals surface area contributed by atoms with Gasteiger partial charge >= 0.3 is 0 Å². The van der Waals surface area contributed by atoms with Gasteiger partial charge in [0, 0.05) is 5.69 Å². The Morgan fingerprint density at radius 1 is 1.41 bits per heavy atom. The van der Waals surface area contributed by atoms with Gasteiger partial charge in [0.05, 0.1) is 6.42 Å². The van der Waals surface area contributed by atoms with Crippen molar-refractivity contribution in [3.63, 3.8) is 0 Å². The van der Waals surface area contributed by atoms with Crippen LogP contribution < -0.4 is 10.6 Å². The minimum absolute atomic E-state index is 0.209. The SMILES string of the molecule is CCc1cccc(C)c1NC1CC(=O)NC1=O. The van der Waals surface area contributed by atoms with Gasteiger partial charge in [0.15, 0.2) is 0 Å². The van der Waals surface area contributed by atoms with Crippen molar-refractivity contribution in [3.05, 3.63) is 29.3 Å². The van der Waals surface area contributed by atoms with Crippen LogP contribution in [0.25, 0.3) is 0 Å². The van der Waals surface area contributed by atoms with Gasteiger partial charge in [-0.1, -0.05) is 25.1 Å². The largest absolute Gasteiger partial charge is 0.373 e. The van der Waals surface area contributed by atoms with Crippen LogP contribution in [0.4, 0.5) is 5.69 Å². The first kappa shape index (κ1) is 11.6. The molecule has 2 rings (SSSR count). The first-order chi connectivity index (χ1) is 8.11. The summed E-state index contributed by atoms with van der Waals surface area (Å²) >= 11 is 0. The molecular weight excluding hydrogens is 216 g/mol. The highest BCUT2D eigenvalue weighted by Gasteiger charge is 2.30. The maximum Gasteiger partial charge on any atom is 0.249 e. The number of imide groups is 1. The van der Waals surface area contributed by atoms with E-state index in [1.54, 1.807) is 0 Å². The van der Waals surface area contributed by atoms with Gasteiger partial charge in [-0.15, -0.1) is 0 Å². The summed E-state index contributed by atoms with van der Waals surface area (Å²) in [5.74, 6) is -0.445. The van der Waals surface area contributed by atoms with E-state index >= 15 is 0 Å². The molecule has 2 N–H and O–H groups in total. The molecule has 90 valence electrons. The van der Waals surface area contributed by atoms with Crippen LogP contribution in [0.15, 0.2) is 18.2 Å². The number of anilines is 1. The fraction of sp³-hybridized carbons (Fsp3) is 0.385. The Balaban J connectivity index is 2.24. The van der Waals surface area contributed by atoms with E-state index in [4.69, 9.17) is 0 Å². The van der Waals surface area contributed by atoms with Crippen LogP contribution in [-0.2, 0) is 16.0 Å². The minimum atomic E-state index is -0.436. The maximum absolute atomic E-state index is 11.5. The van der Waals surface area contributed by atoms with Gasteiger partial charge in [0.2, 0.25) is 11.8 Å². The fourth-order valence-electron chi connectivity index (χ4n) is 2.07. The highest BCUT2D eigenvalue weighted by Crippen LogP contribution is 2.23. The predicted octanol–water partition coefficient (Wildman–Crippen LogP) is 1.38. The Morgan fingerprint density at radius 2 is 2.18 bits per heavy atom. The molecule has 0 radical (unpaired) electrons. The second-order valence-corrected chi connectivity index (χ2v) is 4.28. The molecule has 0 saturated carbocycles. The molecule has 4 heteroatoms. The molecule has 1 aliphatic heterocycles. The molecule has 17 heavy (non-hydrogen) atoms. The topological polar surface area (TPSA) is 58.2 Å². The third-order valence-corrected chi connectivity index (χ3v) is 3.03. The van der Waals surface area contributed by atoms with Crippen molar-refractivity contribution >= 4 is 17.5 Å². The van der Waals surface area contributed by atoms with Crippen molar-refractivity contribution in [2.45, 2.75) is 32.7 Å². The van der Waals surface area contributed by atoms with Crippen LogP contribution in [0, 0.1) is 6.92 Å². The molecule has 1 aromatic rings. The van der Waals surface area contributed by atoms with E-state index in [-0.39, 0.29) is 18.2 Å². The number of aryl methyl sites for hydroxylation is 2. The number of para-hydroxylation sites is 1. The van der Waals surface area contributed by atoms with Crippen LogP contribution >= 0.6 is 0 Å². The van der Waals surface area contributed by atoms with Crippen molar-refractivity contribution in [1.82, 2.24) is 5.32 Å². The predicted molar refractivity (Wildman–Crippen MR) is 65.7 cm³/mol. The quantitative estimate of drug-likeness (QED) is 0.774. The Labute approximate surface area is 100 Å². The molecule has 0 spiro atoms. The summed E-state index contributed by atoms with van der Waals surface area (Å²) in [6.45, 7) is 4.07. The van der Waals surface area contributed by atoms with Crippen LogP contribution in [0.5, 0.6) is 0 Å². The van der Waals surface area contributed by atoms with Gasteiger partial charge in [0.1, 0.15) is 6.04 Å². The average molecular weight is 232 g/mol. The first-order valence-corrected chi connectivity index (χ1v) is 5.80. The first-order valence-electron chi connectivity index (χ1n) is 5.80. The lowest BCUT2D eigenvalue weighted by molar-refractivity contribution is -0.124. The second-order valence-electron chi connectivity index (χ2n) is 4.28. The molecule has 4 nitrogen and oxygen atoms in total. The zero-order chi connectivity index (χ0) is 12.4. The van der Waals surface area contributed by atoms with E-state index in [0.717, 1.165) is 23.2 Å². The van der Waals surface area contributed by atoms with Gasteiger partial charge in [-0.2, -0.15) is 0 Å². The summed E-state index contributed by atoms with van der Waals surface area (Å²) in [7, 11) is 0. The number of benzene rings is 1. The average Bonchev–Trinajstić information content (AvgIpc) is 2.60. The fourth-order valence-corrected chi connectivity index (χ4v) is 2.07. The third-order valence-electron chi connectivity index (χ3n) is 3.03. The molecule has 0 bridgehead atoms. The zero-order valence-electron chi connectivity index (χ0n) is 10.0. The summed E-state index contributed by atoms with van der Waals surface area (Å²) in [4.78, 5) is 22.6. The number of rotatable bonds is 3. The molecule has 1 atom stereocenters.